The van der Waals surface area contributed by atoms with Crippen LogP contribution in [-0.4, -0.2) is 17.0 Å². The van der Waals surface area contributed by atoms with Gasteiger partial charge in [0, 0.05) is 6.04 Å². The Labute approximate surface area is 96.1 Å². The van der Waals surface area contributed by atoms with Crippen LogP contribution >= 0.6 is 18.8 Å². The summed E-state index contributed by atoms with van der Waals surface area (Å²) in [6.45, 7) is 0. The molecule has 1 aliphatic carbocycles. The average Bonchev–Trinajstić information content (AvgIpc) is 1.91. The van der Waals surface area contributed by atoms with E-state index in [9.17, 15) is 0 Å². The molecule has 0 atom stereocenters. The van der Waals surface area contributed by atoms with Gasteiger partial charge in [0.15, 0.2) is 0 Å². The first-order chi connectivity index (χ1) is 4.81. The number of hydrogen-bond acceptors (Lipinski definition) is 2. The summed E-state index contributed by atoms with van der Waals surface area (Å²) in [7, 11) is 9.75. The summed E-state index contributed by atoms with van der Waals surface area (Å²) in [6.07, 6.45) is 6.66. The predicted octanol–water partition coefficient (Wildman–Crippen LogP) is 1.17. The molecule has 0 aliphatic heterocycles. The molecule has 13 heavy (non-hydrogen) atoms. The third-order valence-corrected chi connectivity index (χ3v) is 1.65. The van der Waals surface area contributed by atoms with Crippen molar-refractivity contribution >= 4 is 18.8 Å². The van der Waals surface area contributed by atoms with Crippen molar-refractivity contribution in [3.8, 4) is 0 Å². The Balaban J connectivity index is -0.0000000615. The van der Waals surface area contributed by atoms with E-state index in [0.29, 0.717) is 6.04 Å². The van der Waals surface area contributed by atoms with Gasteiger partial charge < -0.3 is 22.8 Å². The van der Waals surface area contributed by atoms with Gasteiger partial charge in [-0.25, -0.2) is 0 Å². The molecule has 0 heterocycles. The molecule has 0 aromatic heterocycles. The van der Waals surface area contributed by atoms with Crippen molar-refractivity contribution in [2.24, 2.45) is 5.73 Å². The zero-order valence-corrected chi connectivity index (χ0v) is 11.3. The van der Waals surface area contributed by atoms with Gasteiger partial charge in [-0.15, -0.1) is 0 Å². The van der Waals surface area contributed by atoms with Crippen LogP contribution < -0.4 is 11.9 Å². The van der Waals surface area contributed by atoms with Crippen molar-refractivity contribution in [1.29, 1.82) is 0 Å². The van der Waals surface area contributed by atoms with Crippen molar-refractivity contribution < 1.29 is 27.4 Å². The Kier molecular flexibility index (Phi) is 34.3. The predicted molar refractivity (Wildman–Crippen MR) is 55.0 cm³/mol. The van der Waals surface area contributed by atoms with Crippen LogP contribution in [0.4, 0.5) is 0 Å². The van der Waals surface area contributed by atoms with E-state index in [2.05, 4.69) is 0 Å². The monoisotopic (exact) mass is 417 g/mol. The van der Waals surface area contributed by atoms with Gasteiger partial charge in [-0.1, -0.05) is 19.3 Å². The summed E-state index contributed by atoms with van der Waals surface area (Å²) in [5, 5.41) is 0. The topological polar surface area (TPSA) is 124 Å². The Morgan fingerprint density at radius 3 is 1.46 bits per heavy atom. The molecule has 0 aromatic carbocycles. The minimum atomic E-state index is -0.472. The summed E-state index contributed by atoms with van der Waals surface area (Å²) >= 11 is -0.472. The summed E-state index contributed by atoms with van der Waals surface area (Å²) in [4.78, 5) is 0. The first-order valence-corrected chi connectivity index (χ1v) is 9.02. The molecule has 4 nitrogen and oxygen atoms in total. The third-order valence-electron chi connectivity index (χ3n) is 1.65. The second-order valence-electron chi connectivity index (χ2n) is 2.44. The Bertz CT molecular complexity index is 77.7. The Morgan fingerprint density at radius 2 is 1.31 bits per heavy atom. The fourth-order valence-corrected chi connectivity index (χ4v) is 1.13. The molecule has 7 heteroatoms. The van der Waals surface area contributed by atoms with Crippen molar-refractivity contribution in [2.75, 3.05) is 0 Å². The van der Waals surface area contributed by atoms with Gasteiger partial charge in [0.2, 0.25) is 0 Å². The second-order valence-corrected chi connectivity index (χ2v) is 5.73. The molecule has 90 valence electrons. The first-order valence-electron chi connectivity index (χ1n) is 3.39. The molecule has 0 radical (unpaired) electrons. The molecule has 1 saturated carbocycles. The van der Waals surface area contributed by atoms with E-state index in [1.165, 1.54) is 32.1 Å². The fourth-order valence-electron chi connectivity index (χ4n) is 1.13. The summed E-state index contributed by atoms with van der Waals surface area (Å²) in [6, 6.07) is 0.536. The third kappa shape index (κ3) is 19.5. The fraction of sp³-hybridized carbons (Fsp3) is 1.00. The van der Waals surface area contributed by atoms with Crippen LogP contribution in [0.5, 0.6) is 0 Å². The quantitative estimate of drug-likeness (QED) is 0.613. The molecule has 0 amide bonds. The molecular weight excluding hydrogens is 398 g/mol. The van der Waals surface area contributed by atoms with E-state index in [-0.39, 0.29) is 17.1 Å². The van der Waals surface area contributed by atoms with Crippen molar-refractivity contribution in [3.05, 3.63) is 0 Å². The molecular formula is C6H20Cl2N2O2Pt. The van der Waals surface area contributed by atoms with Crippen LogP contribution in [0.25, 0.3) is 0 Å². The van der Waals surface area contributed by atoms with Crippen LogP contribution in [0.15, 0.2) is 0 Å². The van der Waals surface area contributed by atoms with Crippen LogP contribution in [0, 0.1) is 0 Å². The van der Waals surface area contributed by atoms with Gasteiger partial charge in [0.05, 0.1) is 0 Å². The van der Waals surface area contributed by atoms with Crippen LogP contribution in [0.3, 0.4) is 0 Å². The molecule has 1 rings (SSSR count). The Hall–Kier alpha value is 1.11. The number of halogens is 2. The van der Waals surface area contributed by atoms with Gasteiger partial charge in [-0.05, 0) is 12.8 Å². The molecule has 9 N–H and O–H groups in total. The van der Waals surface area contributed by atoms with Crippen molar-refractivity contribution in [2.45, 2.75) is 38.1 Å². The molecule has 0 bridgehead atoms. The van der Waals surface area contributed by atoms with Crippen molar-refractivity contribution in [1.82, 2.24) is 6.15 Å². The van der Waals surface area contributed by atoms with Crippen LogP contribution in [0.2, 0.25) is 0 Å². The number of nitrogens with two attached hydrogens (primary N) is 1. The van der Waals surface area contributed by atoms with E-state index in [1.807, 2.05) is 0 Å². The van der Waals surface area contributed by atoms with E-state index in [1.54, 1.807) is 0 Å². The SMILES string of the molecule is N.NC1CCCCC1.O.O.[Cl][Pt][Cl]. The van der Waals surface area contributed by atoms with E-state index in [0.717, 1.165) is 0 Å². The van der Waals surface area contributed by atoms with E-state index in [4.69, 9.17) is 24.6 Å². The number of rotatable bonds is 0. The van der Waals surface area contributed by atoms with Gasteiger partial charge >= 0.3 is 35.3 Å². The maximum atomic E-state index is 5.63. The van der Waals surface area contributed by atoms with Crippen LogP contribution in [0.1, 0.15) is 32.1 Å². The second kappa shape index (κ2) is 18.8. The molecule has 0 spiro atoms. The summed E-state index contributed by atoms with van der Waals surface area (Å²) in [5.41, 5.74) is 5.63. The Morgan fingerprint density at radius 1 is 1.00 bits per heavy atom. The first kappa shape index (κ1) is 23.7. The number of hydrogen-bond donors (Lipinski definition) is 2. The normalized spacial score (nSPS) is 15.3. The summed E-state index contributed by atoms with van der Waals surface area (Å²) < 4.78 is 0. The van der Waals surface area contributed by atoms with Crippen LogP contribution in [-0.2, 0) is 16.5 Å². The van der Waals surface area contributed by atoms with Gasteiger partial charge in [-0.2, -0.15) is 0 Å². The van der Waals surface area contributed by atoms with Gasteiger partial charge in [0.25, 0.3) is 0 Å². The molecule has 0 unspecified atom stereocenters. The van der Waals surface area contributed by atoms with Gasteiger partial charge in [-0.3, -0.25) is 0 Å². The maximum absolute atomic E-state index is 5.63. The van der Waals surface area contributed by atoms with E-state index < -0.39 is 16.5 Å². The molecule has 1 aliphatic rings. The standard InChI is InChI=1S/C6H13N.2ClH.H3N.2H2O.Pt/c7-6-4-2-1-3-5-6;;;;;;/h6H,1-5,7H2;2*1H;1H3;2*1H2;/q;;;;;;+2/p-2. The van der Waals surface area contributed by atoms with Crippen molar-refractivity contribution in [3.63, 3.8) is 0 Å². The molecule has 0 saturated heterocycles. The molecule has 1 fully saturated rings. The van der Waals surface area contributed by atoms with E-state index >= 15 is 0 Å². The zero-order chi connectivity index (χ0) is 7.82. The minimum absolute atomic E-state index is 0. The average molecular weight is 418 g/mol. The summed E-state index contributed by atoms with van der Waals surface area (Å²) in [5.74, 6) is 0. The zero-order valence-electron chi connectivity index (χ0n) is 7.47. The van der Waals surface area contributed by atoms with Gasteiger partial charge in [0.1, 0.15) is 0 Å². The molecule has 0 aromatic rings.